The molecule has 0 atom stereocenters. The lowest BCUT2D eigenvalue weighted by Gasteiger charge is -2.06. The van der Waals surface area contributed by atoms with Crippen molar-refractivity contribution in [1.29, 1.82) is 0 Å². The van der Waals surface area contributed by atoms with E-state index in [-0.39, 0.29) is 5.92 Å². The van der Waals surface area contributed by atoms with Gasteiger partial charge in [0.1, 0.15) is 6.54 Å². The molecule has 7 nitrogen and oxygen atoms in total. The number of aromatic nitrogens is 5. The third-order valence-electron chi connectivity index (χ3n) is 3.13. The molecule has 0 fully saturated rings. The van der Waals surface area contributed by atoms with Gasteiger partial charge in [0.05, 0.1) is 5.69 Å². The Balaban J connectivity index is 1.85. The predicted molar refractivity (Wildman–Crippen MR) is 77.4 cm³/mol. The van der Waals surface area contributed by atoms with E-state index in [0.29, 0.717) is 24.1 Å². The first-order chi connectivity index (χ1) is 10.1. The molecule has 2 aromatic heterocycles. The minimum absolute atomic E-state index is 0.219. The second-order valence-electron chi connectivity index (χ2n) is 5.05. The standard InChI is InChI=1S/C14H16N6O/c1-9(2)12-13(15)17-19-20(12)8-11-16-14(18-21-11)10-6-4-3-5-7-10/h3-7,9H,8,15H2,1-2H3. The number of nitrogens with two attached hydrogens (primary N) is 1. The van der Waals surface area contributed by atoms with E-state index >= 15 is 0 Å². The summed E-state index contributed by atoms with van der Waals surface area (Å²) < 4.78 is 6.97. The number of benzene rings is 1. The molecular formula is C14H16N6O. The van der Waals surface area contributed by atoms with Gasteiger partial charge in [-0.25, -0.2) is 4.68 Å². The number of hydrogen-bond donors (Lipinski definition) is 1. The van der Waals surface area contributed by atoms with Crippen molar-refractivity contribution < 1.29 is 4.52 Å². The molecule has 0 bridgehead atoms. The molecule has 3 rings (SSSR count). The van der Waals surface area contributed by atoms with Crippen LogP contribution in [-0.2, 0) is 6.54 Å². The fourth-order valence-corrected chi connectivity index (χ4v) is 2.20. The van der Waals surface area contributed by atoms with Crippen LogP contribution in [0, 0.1) is 0 Å². The highest BCUT2D eigenvalue weighted by Crippen LogP contribution is 2.20. The van der Waals surface area contributed by atoms with Gasteiger partial charge in [0, 0.05) is 5.56 Å². The van der Waals surface area contributed by atoms with Gasteiger partial charge in [-0.2, -0.15) is 4.98 Å². The fourth-order valence-electron chi connectivity index (χ4n) is 2.20. The number of anilines is 1. The van der Waals surface area contributed by atoms with Crippen LogP contribution in [0.5, 0.6) is 0 Å². The number of hydrogen-bond acceptors (Lipinski definition) is 6. The van der Waals surface area contributed by atoms with Gasteiger partial charge in [-0.15, -0.1) is 5.10 Å². The van der Waals surface area contributed by atoms with Gasteiger partial charge in [0.25, 0.3) is 0 Å². The molecule has 0 aliphatic carbocycles. The molecule has 21 heavy (non-hydrogen) atoms. The number of rotatable bonds is 4. The molecule has 0 saturated heterocycles. The molecule has 2 N–H and O–H groups in total. The molecule has 0 aliphatic heterocycles. The second kappa shape index (κ2) is 5.35. The van der Waals surface area contributed by atoms with Gasteiger partial charge >= 0.3 is 0 Å². The van der Waals surface area contributed by atoms with Crippen LogP contribution in [0.25, 0.3) is 11.4 Å². The Morgan fingerprint density at radius 1 is 1.24 bits per heavy atom. The Morgan fingerprint density at radius 2 is 2.00 bits per heavy atom. The summed E-state index contributed by atoms with van der Waals surface area (Å²) >= 11 is 0. The van der Waals surface area contributed by atoms with Crippen molar-refractivity contribution in [3.8, 4) is 11.4 Å². The first kappa shape index (κ1) is 13.3. The highest BCUT2D eigenvalue weighted by molar-refractivity contribution is 5.53. The second-order valence-corrected chi connectivity index (χ2v) is 5.05. The van der Waals surface area contributed by atoms with Crippen LogP contribution >= 0.6 is 0 Å². The van der Waals surface area contributed by atoms with E-state index < -0.39 is 0 Å². The minimum Gasteiger partial charge on any atom is -0.381 e. The lowest BCUT2D eigenvalue weighted by molar-refractivity contribution is 0.362. The highest BCUT2D eigenvalue weighted by Gasteiger charge is 2.16. The molecule has 0 radical (unpaired) electrons. The third kappa shape index (κ3) is 2.62. The van der Waals surface area contributed by atoms with E-state index in [1.54, 1.807) is 4.68 Å². The Morgan fingerprint density at radius 3 is 2.71 bits per heavy atom. The molecule has 3 aromatic rings. The van der Waals surface area contributed by atoms with Crippen molar-refractivity contribution in [3.63, 3.8) is 0 Å². The van der Waals surface area contributed by atoms with Crippen LogP contribution < -0.4 is 5.73 Å². The van der Waals surface area contributed by atoms with E-state index in [1.807, 2.05) is 44.2 Å². The Bertz CT molecular complexity index is 731. The smallest absolute Gasteiger partial charge is 0.248 e. The van der Waals surface area contributed by atoms with Crippen molar-refractivity contribution in [3.05, 3.63) is 41.9 Å². The molecular weight excluding hydrogens is 268 g/mol. The summed E-state index contributed by atoms with van der Waals surface area (Å²) in [5, 5.41) is 11.9. The monoisotopic (exact) mass is 284 g/mol. The van der Waals surface area contributed by atoms with Gasteiger partial charge in [-0.05, 0) is 5.92 Å². The molecule has 7 heteroatoms. The van der Waals surface area contributed by atoms with Crippen molar-refractivity contribution in [2.24, 2.45) is 0 Å². The fraction of sp³-hybridized carbons (Fsp3) is 0.286. The lowest BCUT2D eigenvalue weighted by Crippen LogP contribution is -2.09. The molecule has 0 unspecified atom stereocenters. The van der Waals surface area contributed by atoms with E-state index in [0.717, 1.165) is 11.3 Å². The van der Waals surface area contributed by atoms with Crippen LogP contribution in [0.15, 0.2) is 34.9 Å². The maximum Gasteiger partial charge on any atom is 0.248 e. The summed E-state index contributed by atoms with van der Waals surface area (Å²) in [6, 6.07) is 9.67. The summed E-state index contributed by atoms with van der Waals surface area (Å²) in [4.78, 5) is 4.38. The zero-order valence-corrected chi connectivity index (χ0v) is 11.9. The molecule has 108 valence electrons. The lowest BCUT2D eigenvalue weighted by atomic mass is 10.1. The molecule has 2 heterocycles. The molecule has 1 aromatic carbocycles. The SMILES string of the molecule is CC(C)c1c(N)nnn1Cc1nc(-c2ccccc2)no1. The Hall–Kier alpha value is -2.70. The van der Waals surface area contributed by atoms with Gasteiger partial charge in [0.2, 0.25) is 11.7 Å². The van der Waals surface area contributed by atoms with E-state index in [4.69, 9.17) is 10.3 Å². The average Bonchev–Trinajstić information content (AvgIpc) is 3.07. The predicted octanol–water partition coefficient (Wildman–Crippen LogP) is 2.08. The summed E-state index contributed by atoms with van der Waals surface area (Å²) in [5.41, 5.74) is 7.61. The van der Waals surface area contributed by atoms with Crippen LogP contribution in [0.2, 0.25) is 0 Å². The zero-order chi connectivity index (χ0) is 14.8. The van der Waals surface area contributed by atoms with Gasteiger partial charge in [-0.3, -0.25) is 0 Å². The third-order valence-corrected chi connectivity index (χ3v) is 3.13. The van der Waals surface area contributed by atoms with Crippen LogP contribution in [-0.4, -0.2) is 25.1 Å². The van der Waals surface area contributed by atoms with Crippen molar-refractivity contribution >= 4 is 5.82 Å². The van der Waals surface area contributed by atoms with Gasteiger partial charge < -0.3 is 10.3 Å². The minimum atomic E-state index is 0.219. The van der Waals surface area contributed by atoms with Crippen molar-refractivity contribution in [1.82, 2.24) is 25.1 Å². The topological polar surface area (TPSA) is 95.7 Å². The Kier molecular flexibility index (Phi) is 3.39. The first-order valence-electron chi connectivity index (χ1n) is 6.72. The largest absolute Gasteiger partial charge is 0.381 e. The van der Waals surface area contributed by atoms with Crippen molar-refractivity contribution in [2.45, 2.75) is 26.3 Å². The van der Waals surface area contributed by atoms with E-state index in [1.165, 1.54) is 0 Å². The molecule has 0 saturated carbocycles. The van der Waals surface area contributed by atoms with E-state index in [9.17, 15) is 0 Å². The molecule has 0 amide bonds. The maximum absolute atomic E-state index is 5.83. The first-order valence-corrected chi connectivity index (χ1v) is 6.72. The zero-order valence-electron chi connectivity index (χ0n) is 11.9. The van der Waals surface area contributed by atoms with Gasteiger partial charge in [-0.1, -0.05) is 54.5 Å². The summed E-state index contributed by atoms with van der Waals surface area (Å²) in [7, 11) is 0. The summed E-state index contributed by atoms with van der Waals surface area (Å²) in [6.07, 6.45) is 0. The highest BCUT2D eigenvalue weighted by atomic mass is 16.5. The van der Waals surface area contributed by atoms with Gasteiger partial charge in [0.15, 0.2) is 5.82 Å². The number of nitrogen functional groups attached to an aromatic ring is 1. The summed E-state index contributed by atoms with van der Waals surface area (Å²) in [5.74, 6) is 1.69. The quantitative estimate of drug-likeness (QED) is 0.788. The molecule has 0 aliphatic rings. The number of nitrogens with zero attached hydrogens (tertiary/aromatic N) is 5. The van der Waals surface area contributed by atoms with Crippen LogP contribution in [0.3, 0.4) is 0 Å². The van der Waals surface area contributed by atoms with Crippen LogP contribution in [0.4, 0.5) is 5.82 Å². The van der Waals surface area contributed by atoms with E-state index in [2.05, 4.69) is 20.5 Å². The Labute approximate surface area is 121 Å². The van der Waals surface area contributed by atoms with Crippen LogP contribution in [0.1, 0.15) is 31.4 Å². The summed E-state index contributed by atoms with van der Waals surface area (Å²) in [6.45, 7) is 4.43. The van der Waals surface area contributed by atoms with Crippen molar-refractivity contribution in [2.75, 3.05) is 5.73 Å². The normalized spacial score (nSPS) is 11.2. The molecule has 0 spiro atoms. The average molecular weight is 284 g/mol. The maximum atomic E-state index is 5.83.